The summed E-state index contributed by atoms with van der Waals surface area (Å²) in [7, 11) is 0. The Kier molecular flexibility index (Phi) is 3.72. The van der Waals surface area contributed by atoms with Crippen LogP contribution in [-0.2, 0) is 6.42 Å². The molecular weight excluding hydrogens is 231 g/mol. The Morgan fingerprint density at radius 3 is 2.31 bits per heavy atom. The minimum absolute atomic E-state index is 0.464. The lowest BCUT2D eigenvalue weighted by atomic mass is 10.1. The Balaban J connectivity index is 3.08. The summed E-state index contributed by atoms with van der Waals surface area (Å²) in [6, 6.07) is 3.26. The van der Waals surface area contributed by atoms with E-state index in [0.29, 0.717) is 12.0 Å². The van der Waals surface area contributed by atoms with E-state index >= 15 is 0 Å². The smallest absolute Gasteiger partial charge is 0.405 e. The molecule has 90 valence electrons. The minimum Gasteiger partial charge on any atom is -0.405 e. The highest BCUT2D eigenvalue weighted by molar-refractivity contribution is 5.38. The van der Waals surface area contributed by atoms with Gasteiger partial charge in [-0.2, -0.15) is 0 Å². The average Bonchev–Trinajstić information content (AvgIpc) is 2.15. The predicted molar refractivity (Wildman–Crippen MR) is 47.5 cm³/mol. The Morgan fingerprint density at radius 2 is 1.88 bits per heavy atom. The fourth-order valence-electron chi connectivity index (χ4n) is 1.21. The van der Waals surface area contributed by atoms with Gasteiger partial charge in [-0.3, -0.25) is 0 Å². The van der Waals surface area contributed by atoms with Gasteiger partial charge in [0.25, 0.3) is 6.43 Å². The van der Waals surface area contributed by atoms with Crippen LogP contribution in [0.4, 0.5) is 22.0 Å². The van der Waals surface area contributed by atoms with Crippen LogP contribution in [-0.4, -0.2) is 6.36 Å². The molecule has 1 rings (SSSR count). The van der Waals surface area contributed by atoms with Crippen molar-refractivity contribution in [1.29, 1.82) is 0 Å². The molecule has 0 heterocycles. The lowest BCUT2D eigenvalue weighted by Gasteiger charge is -2.13. The molecule has 0 amide bonds. The van der Waals surface area contributed by atoms with Crippen molar-refractivity contribution in [2.45, 2.75) is 26.1 Å². The van der Waals surface area contributed by atoms with Crippen molar-refractivity contribution >= 4 is 0 Å². The molecule has 0 bridgehead atoms. The maximum atomic E-state index is 12.5. The van der Waals surface area contributed by atoms with Gasteiger partial charge in [-0.05, 0) is 24.1 Å². The predicted octanol–water partition coefficient (Wildman–Crippen LogP) is 4.09. The molecule has 16 heavy (non-hydrogen) atoms. The molecule has 0 fully saturated rings. The van der Waals surface area contributed by atoms with Gasteiger partial charge in [0, 0.05) is 0 Å². The zero-order valence-electron chi connectivity index (χ0n) is 8.31. The molecule has 0 aromatic heterocycles. The number of hydrogen-bond donors (Lipinski definition) is 0. The first-order valence-electron chi connectivity index (χ1n) is 4.50. The standard InChI is InChI=1S/C10H9F5O/c1-2-6-3-4-8(16-10(13,14)15)7(5-6)9(11)12/h3-5,9H,2H2,1H3. The molecule has 0 saturated carbocycles. The van der Waals surface area contributed by atoms with Crippen LogP contribution in [0.1, 0.15) is 24.5 Å². The molecule has 0 aliphatic heterocycles. The Labute approximate surface area is 88.8 Å². The van der Waals surface area contributed by atoms with Crippen molar-refractivity contribution < 1.29 is 26.7 Å². The average molecular weight is 240 g/mol. The van der Waals surface area contributed by atoms with Crippen molar-refractivity contribution in [3.05, 3.63) is 29.3 Å². The monoisotopic (exact) mass is 240 g/mol. The Morgan fingerprint density at radius 1 is 1.25 bits per heavy atom. The molecule has 1 aromatic rings. The van der Waals surface area contributed by atoms with Crippen molar-refractivity contribution in [2.75, 3.05) is 0 Å². The number of alkyl halides is 5. The highest BCUT2D eigenvalue weighted by Gasteiger charge is 2.33. The lowest BCUT2D eigenvalue weighted by molar-refractivity contribution is -0.275. The van der Waals surface area contributed by atoms with Gasteiger partial charge in [0.1, 0.15) is 5.75 Å². The van der Waals surface area contributed by atoms with E-state index in [1.807, 2.05) is 0 Å². The number of aryl methyl sites for hydroxylation is 1. The summed E-state index contributed by atoms with van der Waals surface area (Å²) in [5.74, 6) is -0.847. The molecule has 1 nitrogen and oxygen atoms in total. The van der Waals surface area contributed by atoms with E-state index < -0.39 is 24.1 Å². The summed E-state index contributed by atoms with van der Waals surface area (Å²) in [4.78, 5) is 0. The topological polar surface area (TPSA) is 9.23 Å². The van der Waals surface area contributed by atoms with Gasteiger partial charge >= 0.3 is 6.36 Å². The van der Waals surface area contributed by atoms with Crippen molar-refractivity contribution in [3.8, 4) is 5.75 Å². The largest absolute Gasteiger partial charge is 0.573 e. The molecular formula is C10H9F5O. The molecule has 0 radical (unpaired) electrons. The van der Waals surface area contributed by atoms with Crippen LogP contribution in [0.5, 0.6) is 5.75 Å². The Bertz CT molecular complexity index is 359. The molecule has 0 unspecified atom stereocenters. The molecule has 6 heteroatoms. The van der Waals surface area contributed by atoms with E-state index in [1.54, 1.807) is 6.92 Å². The zero-order chi connectivity index (χ0) is 12.3. The van der Waals surface area contributed by atoms with Crippen LogP contribution < -0.4 is 4.74 Å². The summed E-state index contributed by atoms with van der Waals surface area (Å²) in [5.41, 5.74) is -0.207. The maximum absolute atomic E-state index is 12.5. The Hall–Kier alpha value is -1.33. The fraction of sp³-hybridized carbons (Fsp3) is 0.400. The van der Waals surface area contributed by atoms with Crippen LogP contribution in [0.15, 0.2) is 18.2 Å². The number of hydrogen-bond acceptors (Lipinski definition) is 1. The SMILES string of the molecule is CCc1ccc(OC(F)(F)F)c(C(F)F)c1. The van der Waals surface area contributed by atoms with Gasteiger partial charge in [-0.1, -0.05) is 13.0 Å². The molecule has 1 aromatic carbocycles. The van der Waals surface area contributed by atoms with Crippen LogP contribution in [0.25, 0.3) is 0 Å². The quantitative estimate of drug-likeness (QED) is 0.723. The van der Waals surface area contributed by atoms with Gasteiger partial charge in [-0.25, -0.2) is 8.78 Å². The molecule has 0 atom stereocenters. The molecule has 0 aliphatic rings. The van der Waals surface area contributed by atoms with Crippen LogP contribution in [0.2, 0.25) is 0 Å². The van der Waals surface area contributed by atoms with Crippen molar-refractivity contribution in [3.63, 3.8) is 0 Å². The summed E-state index contributed by atoms with van der Waals surface area (Å²) in [6.45, 7) is 1.72. The van der Waals surface area contributed by atoms with E-state index in [-0.39, 0.29) is 0 Å². The molecule has 0 N–H and O–H groups in total. The van der Waals surface area contributed by atoms with E-state index in [1.165, 1.54) is 6.07 Å². The van der Waals surface area contributed by atoms with Crippen molar-refractivity contribution in [1.82, 2.24) is 0 Å². The number of ether oxygens (including phenoxy) is 1. The first kappa shape index (κ1) is 12.7. The second-order valence-corrected chi connectivity index (χ2v) is 3.07. The summed E-state index contributed by atoms with van der Waals surface area (Å²) >= 11 is 0. The summed E-state index contributed by atoms with van der Waals surface area (Å²) in [5, 5.41) is 0. The molecule has 0 spiro atoms. The van der Waals surface area contributed by atoms with Gasteiger partial charge in [-0.15, -0.1) is 13.2 Å². The molecule has 0 aliphatic carbocycles. The second-order valence-electron chi connectivity index (χ2n) is 3.07. The summed E-state index contributed by atoms with van der Waals surface area (Å²) < 4.78 is 64.2. The highest BCUT2D eigenvalue weighted by atomic mass is 19.4. The fourth-order valence-corrected chi connectivity index (χ4v) is 1.21. The van der Waals surface area contributed by atoms with E-state index in [4.69, 9.17) is 0 Å². The van der Waals surface area contributed by atoms with E-state index in [0.717, 1.165) is 12.1 Å². The highest BCUT2D eigenvalue weighted by Crippen LogP contribution is 2.33. The second kappa shape index (κ2) is 4.67. The van der Waals surface area contributed by atoms with Gasteiger partial charge < -0.3 is 4.74 Å². The van der Waals surface area contributed by atoms with Crippen LogP contribution in [0, 0.1) is 0 Å². The number of benzene rings is 1. The van der Waals surface area contributed by atoms with Crippen LogP contribution in [0.3, 0.4) is 0 Å². The lowest BCUT2D eigenvalue weighted by Crippen LogP contribution is -2.18. The normalized spacial score (nSPS) is 11.9. The van der Waals surface area contributed by atoms with Crippen molar-refractivity contribution in [2.24, 2.45) is 0 Å². The third kappa shape index (κ3) is 3.36. The van der Waals surface area contributed by atoms with Gasteiger partial charge in [0.05, 0.1) is 5.56 Å². The zero-order valence-corrected chi connectivity index (χ0v) is 8.31. The number of rotatable bonds is 3. The summed E-state index contributed by atoms with van der Waals surface area (Å²) in [6.07, 6.45) is -7.49. The number of halogens is 5. The van der Waals surface area contributed by atoms with Gasteiger partial charge in [0.15, 0.2) is 0 Å². The maximum Gasteiger partial charge on any atom is 0.573 e. The third-order valence-corrected chi connectivity index (χ3v) is 1.94. The van der Waals surface area contributed by atoms with E-state index in [2.05, 4.69) is 4.74 Å². The first-order chi connectivity index (χ1) is 7.33. The third-order valence-electron chi connectivity index (χ3n) is 1.94. The van der Waals surface area contributed by atoms with Crippen LogP contribution >= 0.6 is 0 Å². The minimum atomic E-state index is -4.96. The molecule has 0 saturated heterocycles. The first-order valence-corrected chi connectivity index (χ1v) is 4.50. The van der Waals surface area contributed by atoms with Gasteiger partial charge in [0.2, 0.25) is 0 Å². The van der Waals surface area contributed by atoms with E-state index in [9.17, 15) is 22.0 Å².